The molecule has 4 rings (SSSR count). The maximum Gasteiger partial charge on any atom is 0.161 e. The van der Waals surface area contributed by atoms with Gasteiger partial charge in [-0.3, -0.25) is 4.98 Å². The van der Waals surface area contributed by atoms with Gasteiger partial charge < -0.3 is 9.47 Å². The first-order valence-corrected chi connectivity index (χ1v) is 13.8. The molecule has 194 valence electrons. The Hall–Kier alpha value is -3.33. The summed E-state index contributed by atoms with van der Waals surface area (Å²) in [5, 5.41) is 2.32. The van der Waals surface area contributed by atoms with E-state index in [4.69, 9.17) is 14.5 Å². The second-order valence-electron chi connectivity index (χ2n) is 10.1. The van der Waals surface area contributed by atoms with Crippen molar-refractivity contribution in [2.45, 2.75) is 70.1 Å². The van der Waals surface area contributed by atoms with Crippen LogP contribution in [0.25, 0.3) is 10.8 Å². The molecule has 37 heavy (non-hydrogen) atoms. The highest BCUT2D eigenvalue weighted by Crippen LogP contribution is 2.44. The van der Waals surface area contributed by atoms with Gasteiger partial charge in [0, 0.05) is 22.9 Å². The van der Waals surface area contributed by atoms with Crippen molar-refractivity contribution in [3.8, 4) is 11.5 Å². The number of methoxy groups -OCH3 is 2. The van der Waals surface area contributed by atoms with E-state index in [1.54, 1.807) is 14.2 Å². The molecule has 0 bridgehead atoms. The SMILES string of the molecule is CCCCC(CCC(CCC)(c1ccccc1)c1ccccc1)c1nccc2cc(OC)c(OC)cc12. The molecule has 3 heteroatoms. The summed E-state index contributed by atoms with van der Waals surface area (Å²) in [4.78, 5) is 4.99. The van der Waals surface area contributed by atoms with Crippen molar-refractivity contribution >= 4 is 10.8 Å². The molecule has 0 radical (unpaired) electrons. The van der Waals surface area contributed by atoms with E-state index in [0.717, 1.165) is 49.0 Å². The van der Waals surface area contributed by atoms with Gasteiger partial charge in [0.25, 0.3) is 0 Å². The predicted molar refractivity (Wildman–Crippen MR) is 155 cm³/mol. The quantitative estimate of drug-likeness (QED) is 0.185. The van der Waals surface area contributed by atoms with Crippen molar-refractivity contribution in [2.75, 3.05) is 14.2 Å². The molecule has 1 heterocycles. The van der Waals surface area contributed by atoms with E-state index in [2.05, 4.69) is 92.7 Å². The van der Waals surface area contributed by atoms with Gasteiger partial charge in [0.05, 0.1) is 19.9 Å². The number of nitrogens with zero attached hydrogens (tertiary/aromatic N) is 1. The summed E-state index contributed by atoms with van der Waals surface area (Å²) in [6.45, 7) is 4.58. The number of ether oxygens (including phenoxy) is 2. The molecule has 0 fully saturated rings. The molecule has 1 atom stereocenters. The predicted octanol–water partition coefficient (Wildman–Crippen LogP) is 9.09. The number of fused-ring (bicyclic) bond motifs is 1. The molecule has 0 saturated carbocycles. The Kier molecular flexibility index (Phi) is 9.22. The summed E-state index contributed by atoms with van der Waals surface area (Å²) in [5.41, 5.74) is 3.98. The molecule has 0 spiro atoms. The fourth-order valence-electron chi connectivity index (χ4n) is 5.95. The van der Waals surface area contributed by atoms with Gasteiger partial charge >= 0.3 is 0 Å². The van der Waals surface area contributed by atoms with Gasteiger partial charge in [0.15, 0.2) is 11.5 Å². The number of pyridine rings is 1. The smallest absolute Gasteiger partial charge is 0.161 e. The third kappa shape index (κ3) is 5.82. The molecule has 3 aromatic carbocycles. The highest BCUT2D eigenvalue weighted by Gasteiger charge is 2.34. The van der Waals surface area contributed by atoms with Gasteiger partial charge in [-0.15, -0.1) is 0 Å². The summed E-state index contributed by atoms with van der Waals surface area (Å²) in [5.74, 6) is 1.88. The lowest BCUT2D eigenvalue weighted by atomic mass is 9.67. The molecule has 3 nitrogen and oxygen atoms in total. The molecule has 0 aliphatic rings. The zero-order valence-corrected chi connectivity index (χ0v) is 22.9. The molecule has 0 N–H and O–H groups in total. The fraction of sp³-hybridized carbons (Fsp3) is 0.382. The second-order valence-corrected chi connectivity index (χ2v) is 10.1. The Bertz CT molecular complexity index is 1210. The Labute approximate surface area is 222 Å². The van der Waals surface area contributed by atoms with Crippen molar-refractivity contribution in [3.63, 3.8) is 0 Å². The van der Waals surface area contributed by atoms with Crippen molar-refractivity contribution < 1.29 is 9.47 Å². The maximum atomic E-state index is 5.67. The summed E-state index contributed by atoms with van der Waals surface area (Å²) in [6.07, 6.45) is 9.85. The summed E-state index contributed by atoms with van der Waals surface area (Å²) in [6, 6.07) is 28.5. The number of aromatic nitrogens is 1. The van der Waals surface area contributed by atoms with E-state index in [1.807, 2.05) is 6.20 Å². The molecule has 0 aliphatic heterocycles. The van der Waals surface area contributed by atoms with Crippen LogP contribution in [0, 0.1) is 0 Å². The number of rotatable bonds is 13. The van der Waals surface area contributed by atoms with E-state index >= 15 is 0 Å². The molecule has 1 aromatic heterocycles. The van der Waals surface area contributed by atoms with Gasteiger partial charge in [-0.25, -0.2) is 0 Å². The number of unbranched alkanes of at least 4 members (excludes halogenated alkanes) is 1. The summed E-state index contributed by atoms with van der Waals surface area (Å²) >= 11 is 0. The molecule has 0 aliphatic carbocycles. The van der Waals surface area contributed by atoms with Gasteiger partial charge in [-0.05, 0) is 60.4 Å². The molecule has 1 unspecified atom stereocenters. The van der Waals surface area contributed by atoms with E-state index in [-0.39, 0.29) is 5.41 Å². The lowest BCUT2D eigenvalue weighted by Crippen LogP contribution is -2.28. The van der Waals surface area contributed by atoms with E-state index in [9.17, 15) is 0 Å². The van der Waals surface area contributed by atoms with Crippen LogP contribution in [-0.4, -0.2) is 19.2 Å². The third-order valence-electron chi connectivity index (χ3n) is 7.84. The zero-order valence-electron chi connectivity index (χ0n) is 22.9. The van der Waals surface area contributed by atoms with Crippen LogP contribution in [0.15, 0.2) is 85.1 Å². The van der Waals surface area contributed by atoms with Crippen LogP contribution < -0.4 is 9.47 Å². The van der Waals surface area contributed by atoms with Gasteiger partial charge in [0.2, 0.25) is 0 Å². The average molecular weight is 496 g/mol. The summed E-state index contributed by atoms with van der Waals surface area (Å²) in [7, 11) is 3.39. The Morgan fingerprint density at radius 1 is 0.730 bits per heavy atom. The van der Waals surface area contributed by atoms with Crippen LogP contribution >= 0.6 is 0 Å². The third-order valence-corrected chi connectivity index (χ3v) is 7.84. The minimum Gasteiger partial charge on any atom is -0.493 e. The lowest BCUT2D eigenvalue weighted by Gasteiger charge is -2.37. The highest BCUT2D eigenvalue weighted by molar-refractivity contribution is 5.88. The zero-order chi connectivity index (χ0) is 26.1. The van der Waals surface area contributed by atoms with Crippen LogP contribution in [0.3, 0.4) is 0 Å². The Morgan fingerprint density at radius 3 is 1.92 bits per heavy atom. The molecular weight excluding hydrogens is 454 g/mol. The fourth-order valence-corrected chi connectivity index (χ4v) is 5.95. The highest BCUT2D eigenvalue weighted by atomic mass is 16.5. The van der Waals surface area contributed by atoms with Crippen LogP contribution in [0.5, 0.6) is 11.5 Å². The van der Waals surface area contributed by atoms with Gasteiger partial charge in [0.1, 0.15) is 0 Å². The average Bonchev–Trinajstić information content (AvgIpc) is 2.96. The first-order chi connectivity index (χ1) is 18.2. The number of hydrogen-bond acceptors (Lipinski definition) is 3. The molecule has 0 amide bonds. The normalized spacial score (nSPS) is 12.4. The monoisotopic (exact) mass is 495 g/mol. The van der Waals surface area contributed by atoms with E-state index in [0.29, 0.717) is 5.92 Å². The first kappa shape index (κ1) is 26.7. The molecular formula is C34H41NO2. The Balaban J connectivity index is 1.78. The topological polar surface area (TPSA) is 31.4 Å². The maximum absolute atomic E-state index is 5.67. The second kappa shape index (κ2) is 12.8. The van der Waals surface area contributed by atoms with Crippen LogP contribution in [-0.2, 0) is 5.41 Å². The van der Waals surface area contributed by atoms with Gasteiger partial charge in [-0.1, -0.05) is 93.8 Å². The van der Waals surface area contributed by atoms with Crippen LogP contribution in [0.1, 0.15) is 81.5 Å². The van der Waals surface area contributed by atoms with Crippen LogP contribution in [0.2, 0.25) is 0 Å². The van der Waals surface area contributed by atoms with Crippen molar-refractivity contribution in [1.82, 2.24) is 4.98 Å². The first-order valence-electron chi connectivity index (χ1n) is 13.8. The van der Waals surface area contributed by atoms with E-state index < -0.39 is 0 Å². The van der Waals surface area contributed by atoms with Gasteiger partial charge in [-0.2, -0.15) is 0 Å². The number of hydrogen-bond donors (Lipinski definition) is 0. The van der Waals surface area contributed by atoms with Crippen molar-refractivity contribution in [1.29, 1.82) is 0 Å². The molecule has 4 aromatic rings. The lowest BCUT2D eigenvalue weighted by molar-refractivity contribution is 0.355. The largest absolute Gasteiger partial charge is 0.493 e. The summed E-state index contributed by atoms with van der Waals surface area (Å²) < 4.78 is 11.3. The van der Waals surface area contributed by atoms with Crippen molar-refractivity contribution in [2.24, 2.45) is 0 Å². The minimum atomic E-state index is -0.0206. The van der Waals surface area contributed by atoms with E-state index in [1.165, 1.54) is 35.0 Å². The van der Waals surface area contributed by atoms with Crippen molar-refractivity contribution in [3.05, 3.63) is 102 Å². The standard InChI is InChI=1S/C34H41NO2/c1-5-7-14-26(33-30-25-32(37-4)31(36-3)24-27(30)20-23-35-33)19-22-34(21-6-2,28-15-10-8-11-16-28)29-17-12-9-13-18-29/h8-13,15-18,20,23-26H,5-7,14,19,21-22H2,1-4H3. The minimum absolute atomic E-state index is 0.0206. The molecule has 0 saturated heterocycles. The van der Waals surface area contributed by atoms with Crippen LogP contribution in [0.4, 0.5) is 0 Å². The number of benzene rings is 3. The Morgan fingerprint density at radius 2 is 1.35 bits per heavy atom.